The van der Waals surface area contributed by atoms with E-state index >= 15 is 0 Å². The molecule has 0 saturated heterocycles. The maximum atomic E-state index is 12.4. The molecule has 1 aromatic rings. The van der Waals surface area contributed by atoms with E-state index in [0.29, 0.717) is 25.1 Å². The molecule has 6 heteroatoms. The number of carboxylic acid groups (broad SMARTS) is 1. The van der Waals surface area contributed by atoms with Crippen molar-refractivity contribution in [3.05, 3.63) is 35.4 Å². The molecule has 0 bridgehead atoms. The molecule has 132 valence electrons. The first-order valence-corrected chi connectivity index (χ1v) is 8.03. The number of hydrogen-bond donors (Lipinski definition) is 2. The molecule has 0 spiro atoms. The summed E-state index contributed by atoms with van der Waals surface area (Å²) in [6.07, 6.45) is 0.690. The number of carboxylic acids is 1. The minimum atomic E-state index is -1.03. The highest BCUT2D eigenvalue weighted by atomic mass is 16.4. The van der Waals surface area contributed by atoms with Gasteiger partial charge in [0.25, 0.3) is 5.91 Å². The lowest BCUT2D eigenvalue weighted by atomic mass is 9.95. The van der Waals surface area contributed by atoms with Crippen LogP contribution in [0.3, 0.4) is 0 Å². The van der Waals surface area contributed by atoms with Crippen molar-refractivity contribution in [2.45, 2.75) is 40.7 Å². The number of hydrogen-bond acceptors (Lipinski definition) is 3. The third kappa shape index (κ3) is 6.02. The van der Waals surface area contributed by atoms with Crippen molar-refractivity contribution in [1.29, 1.82) is 0 Å². The molecule has 2 N–H and O–H groups in total. The van der Waals surface area contributed by atoms with Crippen molar-refractivity contribution in [3.63, 3.8) is 0 Å². The number of carbonyl (C=O) groups excluding carboxylic acids is 2. The maximum Gasteiger partial charge on any atom is 0.323 e. The Morgan fingerprint density at radius 2 is 1.71 bits per heavy atom. The summed E-state index contributed by atoms with van der Waals surface area (Å²) in [5, 5.41) is 11.7. The molecule has 0 heterocycles. The van der Waals surface area contributed by atoms with Crippen molar-refractivity contribution in [3.8, 4) is 0 Å². The molecule has 0 unspecified atom stereocenters. The predicted octanol–water partition coefficient (Wildman–Crippen LogP) is 2.29. The zero-order chi connectivity index (χ0) is 18.3. The summed E-state index contributed by atoms with van der Waals surface area (Å²) in [5.41, 5.74) is 0.868. The van der Waals surface area contributed by atoms with Gasteiger partial charge in [-0.1, -0.05) is 39.8 Å². The molecule has 1 aromatic carbocycles. The Morgan fingerprint density at radius 1 is 1.12 bits per heavy atom. The average molecular weight is 334 g/mol. The van der Waals surface area contributed by atoms with Crippen molar-refractivity contribution < 1.29 is 19.5 Å². The first-order valence-electron chi connectivity index (χ1n) is 8.03. The van der Waals surface area contributed by atoms with Crippen LogP contribution in [0, 0.1) is 5.41 Å². The van der Waals surface area contributed by atoms with Gasteiger partial charge in [-0.05, 0) is 24.1 Å². The van der Waals surface area contributed by atoms with E-state index in [-0.39, 0.29) is 18.4 Å². The van der Waals surface area contributed by atoms with Crippen molar-refractivity contribution in [2.24, 2.45) is 5.41 Å². The third-order valence-corrected chi connectivity index (χ3v) is 3.44. The van der Waals surface area contributed by atoms with Crippen LogP contribution in [0.5, 0.6) is 0 Å². The van der Waals surface area contributed by atoms with Crippen LogP contribution in [-0.2, 0) is 16.1 Å². The molecule has 0 atom stereocenters. The Morgan fingerprint density at radius 3 is 2.17 bits per heavy atom. The molecule has 6 nitrogen and oxygen atoms in total. The second kappa shape index (κ2) is 8.47. The molecule has 0 saturated carbocycles. The Balaban J connectivity index is 2.73. The number of nitrogens with one attached hydrogen (secondary N) is 1. The molecular weight excluding hydrogens is 308 g/mol. The highest BCUT2D eigenvalue weighted by Gasteiger charge is 2.21. The summed E-state index contributed by atoms with van der Waals surface area (Å²) in [6.45, 7) is 7.89. The number of benzene rings is 1. The highest BCUT2D eigenvalue weighted by molar-refractivity contribution is 5.95. The first-order chi connectivity index (χ1) is 11.1. The lowest BCUT2D eigenvalue weighted by Crippen LogP contribution is -2.36. The van der Waals surface area contributed by atoms with Gasteiger partial charge in [-0.15, -0.1) is 0 Å². The Hall–Kier alpha value is -2.37. The standard InChI is InChI=1S/C18H26N2O4/c1-5-10-20(12-15(21)22)16(23)14-8-6-13(7-9-14)11-19-17(24)18(2,3)4/h6-9H,5,10-12H2,1-4H3,(H,19,24)(H,21,22). The summed E-state index contributed by atoms with van der Waals surface area (Å²) in [4.78, 5) is 36.4. The van der Waals surface area contributed by atoms with E-state index < -0.39 is 11.4 Å². The Bertz CT molecular complexity index is 588. The molecule has 2 amide bonds. The molecule has 0 aliphatic rings. The van der Waals surface area contributed by atoms with E-state index in [2.05, 4.69) is 5.32 Å². The zero-order valence-electron chi connectivity index (χ0n) is 14.8. The normalized spacial score (nSPS) is 11.0. The van der Waals surface area contributed by atoms with E-state index in [1.807, 2.05) is 27.7 Å². The fraction of sp³-hybridized carbons (Fsp3) is 0.500. The number of carbonyl (C=O) groups is 3. The van der Waals surface area contributed by atoms with Gasteiger partial charge in [-0.25, -0.2) is 0 Å². The predicted molar refractivity (Wildman–Crippen MR) is 91.6 cm³/mol. The molecule has 0 radical (unpaired) electrons. The van der Waals surface area contributed by atoms with Crippen LogP contribution < -0.4 is 5.32 Å². The smallest absolute Gasteiger partial charge is 0.323 e. The van der Waals surface area contributed by atoms with Gasteiger partial charge in [0.2, 0.25) is 5.91 Å². The fourth-order valence-electron chi connectivity index (χ4n) is 2.08. The minimum Gasteiger partial charge on any atom is -0.480 e. The molecular formula is C18H26N2O4. The van der Waals surface area contributed by atoms with Gasteiger partial charge >= 0.3 is 5.97 Å². The van der Waals surface area contributed by atoms with E-state index in [1.165, 1.54) is 4.90 Å². The number of nitrogens with zero attached hydrogens (tertiary/aromatic N) is 1. The quantitative estimate of drug-likeness (QED) is 0.801. The highest BCUT2D eigenvalue weighted by Crippen LogP contribution is 2.13. The van der Waals surface area contributed by atoms with Gasteiger partial charge in [0.15, 0.2) is 0 Å². The van der Waals surface area contributed by atoms with Crippen molar-refractivity contribution in [1.82, 2.24) is 10.2 Å². The zero-order valence-corrected chi connectivity index (χ0v) is 14.8. The van der Waals surface area contributed by atoms with Crippen molar-refractivity contribution >= 4 is 17.8 Å². The van der Waals surface area contributed by atoms with Crippen LogP contribution in [0.1, 0.15) is 50.0 Å². The maximum absolute atomic E-state index is 12.4. The summed E-state index contributed by atoms with van der Waals surface area (Å²) >= 11 is 0. The number of rotatable bonds is 7. The van der Waals surface area contributed by atoms with Crippen LogP contribution in [-0.4, -0.2) is 40.9 Å². The SMILES string of the molecule is CCCN(CC(=O)O)C(=O)c1ccc(CNC(=O)C(C)(C)C)cc1. The summed E-state index contributed by atoms with van der Waals surface area (Å²) in [7, 11) is 0. The molecule has 0 fully saturated rings. The van der Waals surface area contributed by atoms with Crippen molar-refractivity contribution in [2.75, 3.05) is 13.1 Å². The largest absolute Gasteiger partial charge is 0.480 e. The number of aliphatic carboxylic acids is 1. The first kappa shape index (κ1) is 19.7. The average Bonchev–Trinajstić information content (AvgIpc) is 2.50. The van der Waals surface area contributed by atoms with E-state index in [1.54, 1.807) is 24.3 Å². The van der Waals surface area contributed by atoms with Crippen LogP contribution in [0.4, 0.5) is 0 Å². The Kier molecular flexibility index (Phi) is 6.95. The molecule has 0 aromatic heterocycles. The van der Waals surface area contributed by atoms with Gasteiger partial charge < -0.3 is 15.3 Å². The van der Waals surface area contributed by atoms with Crippen LogP contribution in [0.2, 0.25) is 0 Å². The van der Waals surface area contributed by atoms with Gasteiger partial charge in [0.1, 0.15) is 6.54 Å². The molecule has 0 aliphatic carbocycles. The molecule has 0 aliphatic heterocycles. The van der Waals surface area contributed by atoms with E-state index in [9.17, 15) is 14.4 Å². The lowest BCUT2D eigenvalue weighted by molar-refractivity contribution is -0.137. The monoisotopic (exact) mass is 334 g/mol. The van der Waals surface area contributed by atoms with Crippen LogP contribution >= 0.6 is 0 Å². The lowest BCUT2D eigenvalue weighted by Gasteiger charge is -2.20. The van der Waals surface area contributed by atoms with E-state index in [0.717, 1.165) is 5.56 Å². The molecule has 1 rings (SSSR count). The second-order valence-corrected chi connectivity index (χ2v) is 6.75. The van der Waals surface area contributed by atoms with Gasteiger partial charge in [-0.2, -0.15) is 0 Å². The second-order valence-electron chi connectivity index (χ2n) is 6.75. The van der Waals surface area contributed by atoms with E-state index in [4.69, 9.17) is 5.11 Å². The minimum absolute atomic E-state index is 0.0433. The van der Waals surface area contributed by atoms with Gasteiger partial charge in [-0.3, -0.25) is 14.4 Å². The fourth-order valence-corrected chi connectivity index (χ4v) is 2.08. The Labute approximate surface area is 142 Å². The third-order valence-electron chi connectivity index (χ3n) is 3.44. The topological polar surface area (TPSA) is 86.7 Å². The van der Waals surface area contributed by atoms with Crippen LogP contribution in [0.25, 0.3) is 0 Å². The number of amides is 2. The summed E-state index contributed by atoms with van der Waals surface area (Å²) in [6, 6.07) is 6.85. The van der Waals surface area contributed by atoms with Gasteiger partial charge in [0, 0.05) is 24.1 Å². The molecule has 24 heavy (non-hydrogen) atoms. The van der Waals surface area contributed by atoms with Crippen LogP contribution in [0.15, 0.2) is 24.3 Å². The summed E-state index contributed by atoms with van der Waals surface area (Å²) in [5.74, 6) is -1.37. The summed E-state index contributed by atoms with van der Waals surface area (Å²) < 4.78 is 0. The van der Waals surface area contributed by atoms with Gasteiger partial charge in [0.05, 0.1) is 0 Å².